The van der Waals surface area contributed by atoms with Crippen molar-refractivity contribution < 1.29 is 23.7 Å². The number of ether oxygens (including phenoxy) is 3. The number of rotatable bonds is 13. The fourth-order valence-corrected chi connectivity index (χ4v) is 3.19. The molecule has 1 unspecified atom stereocenters. The van der Waals surface area contributed by atoms with Crippen LogP contribution in [0, 0.1) is 0 Å². The molecule has 0 aliphatic carbocycles. The summed E-state index contributed by atoms with van der Waals surface area (Å²) < 4.78 is 22.1. The lowest BCUT2D eigenvalue weighted by molar-refractivity contribution is 0.0604. The maximum absolute atomic E-state index is 10.6. The highest BCUT2D eigenvalue weighted by Crippen LogP contribution is 2.18. The maximum atomic E-state index is 10.6. The molecule has 1 atom stereocenters. The van der Waals surface area contributed by atoms with Crippen molar-refractivity contribution in [1.29, 1.82) is 0 Å². The molecule has 166 valence electrons. The fraction of sp³-hybridized carbons (Fsp3) is 0.360. The Hall–Kier alpha value is -2.96. The average Bonchev–Trinajstić information content (AvgIpc) is 3.30. The summed E-state index contributed by atoms with van der Waals surface area (Å²) in [7, 11) is 1.62. The first kappa shape index (κ1) is 22.7. The van der Waals surface area contributed by atoms with Gasteiger partial charge in [0.15, 0.2) is 0 Å². The van der Waals surface area contributed by atoms with Gasteiger partial charge in [0.2, 0.25) is 0 Å². The van der Waals surface area contributed by atoms with Crippen LogP contribution >= 0.6 is 0 Å². The molecule has 0 aliphatic rings. The van der Waals surface area contributed by atoms with E-state index >= 15 is 0 Å². The van der Waals surface area contributed by atoms with Crippen LogP contribution in [0.15, 0.2) is 71.3 Å². The van der Waals surface area contributed by atoms with Crippen LogP contribution in [-0.4, -0.2) is 43.0 Å². The Morgan fingerprint density at radius 1 is 0.903 bits per heavy atom. The zero-order chi connectivity index (χ0) is 21.9. The number of aliphatic hydroxyl groups excluding tert-OH is 1. The van der Waals surface area contributed by atoms with E-state index in [0.717, 1.165) is 29.2 Å². The summed E-state index contributed by atoms with van der Waals surface area (Å²) in [5, 5.41) is 10.6. The second-order valence-corrected chi connectivity index (χ2v) is 7.38. The average molecular weight is 426 g/mol. The summed E-state index contributed by atoms with van der Waals surface area (Å²) in [6, 6.07) is 19.2. The lowest BCUT2D eigenvalue weighted by atomic mass is 10.2. The van der Waals surface area contributed by atoms with E-state index in [4.69, 9.17) is 18.6 Å². The first-order valence-corrected chi connectivity index (χ1v) is 10.6. The van der Waals surface area contributed by atoms with E-state index in [9.17, 15) is 5.11 Å². The van der Waals surface area contributed by atoms with E-state index in [2.05, 4.69) is 24.0 Å². The lowest BCUT2D eigenvalue weighted by Crippen LogP contribution is -2.35. The van der Waals surface area contributed by atoms with Gasteiger partial charge in [-0.05, 0) is 60.5 Å². The summed E-state index contributed by atoms with van der Waals surface area (Å²) in [5.74, 6) is 3.19. The molecule has 0 fully saturated rings. The van der Waals surface area contributed by atoms with E-state index in [-0.39, 0.29) is 6.61 Å². The van der Waals surface area contributed by atoms with E-state index in [0.29, 0.717) is 32.0 Å². The van der Waals surface area contributed by atoms with Crippen molar-refractivity contribution in [3.05, 3.63) is 78.3 Å². The molecule has 0 saturated heterocycles. The Kier molecular flexibility index (Phi) is 8.82. The normalized spacial score (nSPS) is 12.0. The molecule has 0 amide bonds. The lowest BCUT2D eigenvalue weighted by Gasteiger charge is -2.24. The molecule has 1 aromatic heterocycles. The van der Waals surface area contributed by atoms with Gasteiger partial charge in [0.1, 0.15) is 35.7 Å². The van der Waals surface area contributed by atoms with Crippen LogP contribution in [-0.2, 0) is 13.1 Å². The molecule has 3 rings (SSSR count). The van der Waals surface area contributed by atoms with Gasteiger partial charge in [-0.3, -0.25) is 4.90 Å². The first-order valence-electron chi connectivity index (χ1n) is 10.6. The van der Waals surface area contributed by atoms with Crippen LogP contribution in [0.2, 0.25) is 0 Å². The van der Waals surface area contributed by atoms with Crippen molar-refractivity contribution in [2.24, 2.45) is 0 Å². The van der Waals surface area contributed by atoms with E-state index in [1.54, 1.807) is 13.4 Å². The molecule has 0 aliphatic heterocycles. The molecule has 0 radical (unpaired) electrons. The largest absolute Gasteiger partial charge is 0.497 e. The Bertz CT molecular complexity index is 862. The topological polar surface area (TPSA) is 64.3 Å². The summed E-state index contributed by atoms with van der Waals surface area (Å²) in [5.41, 5.74) is 1.14. The summed E-state index contributed by atoms with van der Waals surface area (Å²) in [4.78, 5) is 2.14. The zero-order valence-electron chi connectivity index (χ0n) is 18.2. The van der Waals surface area contributed by atoms with Gasteiger partial charge in [-0.25, -0.2) is 0 Å². The van der Waals surface area contributed by atoms with Crippen LogP contribution in [0.4, 0.5) is 0 Å². The van der Waals surface area contributed by atoms with Crippen LogP contribution in [0.1, 0.15) is 24.7 Å². The molecule has 31 heavy (non-hydrogen) atoms. The number of methoxy groups -OCH3 is 1. The Balaban J connectivity index is 1.57. The number of hydrogen-bond donors (Lipinski definition) is 1. The van der Waals surface area contributed by atoms with Gasteiger partial charge in [0.25, 0.3) is 0 Å². The minimum Gasteiger partial charge on any atom is -0.497 e. The molecule has 1 heterocycles. The standard InChI is InChI=1S/C25H31NO5/c1-3-14-29-23-8-6-20(7-9-23)16-26(18-25-5-4-15-30-25)17-21(27)19-31-24-12-10-22(28-2)11-13-24/h4-13,15,21,27H,3,14,16-19H2,1-2H3. The fourth-order valence-electron chi connectivity index (χ4n) is 3.19. The highest BCUT2D eigenvalue weighted by atomic mass is 16.5. The van der Waals surface area contributed by atoms with Crippen LogP contribution in [0.5, 0.6) is 17.2 Å². The van der Waals surface area contributed by atoms with Crippen molar-refractivity contribution in [1.82, 2.24) is 4.90 Å². The van der Waals surface area contributed by atoms with Gasteiger partial charge in [-0.1, -0.05) is 19.1 Å². The quantitative estimate of drug-likeness (QED) is 0.434. The molecule has 2 aromatic carbocycles. The zero-order valence-corrected chi connectivity index (χ0v) is 18.2. The van der Waals surface area contributed by atoms with Gasteiger partial charge in [-0.2, -0.15) is 0 Å². The third-order valence-corrected chi connectivity index (χ3v) is 4.73. The molecule has 0 saturated carbocycles. The summed E-state index contributed by atoms with van der Waals surface area (Å²) in [6.45, 7) is 4.72. The Labute approximate surface area is 184 Å². The van der Waals surface area contributed by atoms with E-state index < -0.39 is 6.10 Å². The number of benzene rings is 2. The monoisotopic (exact) mass is 425 g/mol. The molecule has 0 spiro atoms. The minimum absolute atomic E-state index is 0.199. The van der Waals surface area contributed by atoms with Crippen LogP contribution in [0.3, 0.4) is 0 Å². The Morgan fingerprint density at radius 3 is 2.23 bits per heavy atom. The van der Waals surface area contributed by atoms with Gasteiger partial charge < -0.3 is 23.7 Å². The molecular formula is C25H31NO5. The molecule has 3 aromatic rings. The third-order valence-electron chi connectivity index (χ3n) is 4.73. The molecule has 6 nitrogen and oxygen atoms in total. The van der Waals surface area contributed by atoms with Crippen molar-refractivity contribution in [3.63, 3.8) is 0 Å². The van der Waals surface area contributed by atoms with Crippen molar-refractivity contribution in [2.45, 2.75) is 32.5 Å². The molecule has 1 N–H and O–H groups in total. The molecule has 0 bridgehead atoms. The van der Waals surface area contributed by atoms with E-state index in [1.165, 1.54) is 0 Å². The maximum Gasteiger partial charge on any atom is 0.119 e. The van der Waals surface area contributed by atoms with Gasteiger partial charge in [0.05, 0.1) is 26.5 Å². The first-order chi connectivity index (χ1) is 15.2. The predicted molar refractivity (Wildman–Crippen MR) is 120 cm³/mol. The highest BCUT2D eigenvalue weighted by Gasteiger charge is 2.15. The van der Waals surface area contributed by atoms with Crippen molar-refractivity contribution in [2.75, 3.05) is 26.9 Å². The van der Waals surface area contributed by atoms with Crippen molar-refractivity contribution in [3.8, 4) is 17.2 Å². The Morgan fingerprint density at radius 2 is 1.58 bits per heavy atom. The highest BCUT2D eigenvalue weighted by molar-refractivity contribution is 5.31. The number of nitrogens with zero attached hydrogens (tertiary/aromatic N) is 1. The number of hydrogen-bond acceptors (Lipinski definition) is 6. The van der Waals surface area contributed by atoms with Crippen LogP contribution in [0.25, 0.3) is 0 Å². The SMILES string of the molecule is CCCOc1ccc(CN(Cc2ccco2)CC(O)COc2ccc(OC)cc2)cc1. The third kappa shape index (κ3) is 7.66. The van der Waals surface area contributed by atoms with Crippen LogP contribution < -0.4 is 14.2 Å². The smallest absolute Gasteiger partial charge is 0.119 e. The van der Waals surface area contributed by atoms with Gasteiger partial charge in [-0.15, -0.1) is 0 Å². The van der Waals surface area contributed by atoms with Gasteiger partial charge in [0, 0.05) is 13.1 Å². The van der Waals surface area contributed by atoms with Crippen molar-refractivity contribution >= 4 is 0 Å². The predicted octanol–water partition coefficient (Wildman–Crippen LogP) is 4.52. The molecular weight excluding hydrogens is 394 g/mol. The number of furan rings is 1. The second-order valence-electron chi connectivity index (χ2n) is 7.38. The van der Waals surface area contributed by atoms with Gasteiger partial charge >= 0.3 is 0 Å². The minimum atomic E-state index is -0.649. The number of aliphatic hydroxyl groups is 1. The summed E-state index contributed by atoms with van der Waals surface area (Å²) >= 11 is 0. The molecule has 6 heteroatoms. The second kappa shape index (κ2) is 12.0. The summed E-state index contributed by atoms with van der Waals surface area (Å²) in [6.07, 6.45) is 2.00. The van der Waals surface area contributed by atoms with E-state index in [1.807, 2.05) is 48.5 Å².